The van der Waals surface area contributed by atoms with Gasteiger partial charge in [-0.25, -0.2) is 0 Å². The molecule has 0 spiro atoms. The molecule has 2 rings (SSSR count). The molecule has 1 aliphatic rings. The molecular formula is C21H35NO. The molecule has 2 nitrogen and oxygen atoms in total. The molecule has 1 N–H and O–H groups in total. The first-order chi connectivity index (χ1) is 11.3. The normalized spacial score (nSPS) is 17.0. The summed E-state index contributed by atoms with van der Waals surface area (Å²) < 4.78 is 5.49. The van der Waals surface area contributed by atoms with E-state index in [0.717, 1.165) is 18.6 Å². The Balaban J connectivity index is 1.57. The van der Waals surface area contributed by atoms with E-state index >= 15 is 0 Å². The van der Waals surface area contributed by atoms with Gasteiger partial charge < -0.3 is 10.1 Å². The number of ether oxygens (including phenoxy) is 1. The van der Waals surface area contributed by atoms with Crippen LogP contribution in [0.25, 0.3) is 0 Å². The van der Waals surface area contributed by atoms with E-state index in [4.69, 9.17) is 4.74 Å². The minimum Gasteiger partial charge on any atom is -0.496 e. The monoisotopic (exact) mass is 317 g/mol. The molecule has 1 aromatic carbocycles. The minimum absolute atomic E-state index is 0.652. The third-order valence-electron chi connectivity index (χ3n) is 5.12. The highest BCUT2D eigenvalue weighted by atomic mass is 16.5. The molecular weight excluding hydrogens is 282 g/mol. The van der Waals surface area contributed by atoms with Crippen molar-refractivity contribution < 1.29 is 4.74 Å². The van der Waals surface area contributed by atoms with Gasteiger partial charge >= 0.3 is 0 Å². The summed E-state index contributed by atoms with van der Waals surface area (Å²) in [5, 5.41) is 3.77. The number of nitrogens with one attached hydrogen (secondary N) is 1. The fraction of sp³-hybridized carbons (Fsp3) is 0.714. The van der Waals surface area contributed by atoms with E-state index in [-0.39, 0.29) is 0 Å². The smallest absolute Gasteiger partial charge is 0.122 e. The lowest BCUT2D eigenvalue weighted by Crippen LogP contribution is -2.35. The fourth-order valence-corrected chi connectivity index (χ4v) is 3.70. The number of hydrogen-bond donors (Lipinski definition) is 1. The maximum Gasteiger partial charge on any atom is 0.122 e. The molecule has 0 saturated heterocycles. The summed E-state index contributed by atoms with van der Waals surface area (Å²) in [6.45, 7) is 3.46. The van der Waals surface area contributed by atoms with Crippen LogP contribution < -0.4 is 10.1 Å². The van der Waals surface area contributed by atoms with Gasteiger partial charge in [-0.1, -0.05) is 64.0 Å². The molecule has 1 unspecified atom stereocenters. The van der Waals surface area contributed by atoms with Crippen molar-refractivity contribution in [2.75, 3.05) is 13.7 Å². The molecule has 0 heterocycles. The summed E-state index contributed by atoms with van der Waals surface area (Å²) in [7, 11) is 1.78. The maximum atomic E-state index is 5.49. The van der Waals surface area contributed by atoms with Crippen LogP contribution in [-0.4, -0.2) is 19.7 Å². The van der Waals surface area contributed by atoms with Gasteiger partial charge in [0, 0.05) is 6.04 Å². The molecule has 23 heavy (non-hydrogen) atoms. The van der Waals surface area contributed by atoms with Crippen molar-refractivity contribution in [2.24, 2.45) is 0 Å². The van der Waals surface area contributed by atoms with E-state index in [2.05, 4.69) is 30.4 Å². The Kier molecular flexibility index (Phi) is 8.52. The number of unbranched alkanes of at least 4 members (excludes halogenated alkanes) is 7. The van der Waals surface area contributed by atoms with Gasteiger partial charge in [-0.05, 0) is 49.4 Å². The standard InChI is InChI=1S/C21H35NO/c1-3-4-5-6-7-8-9-10-16-22-19-14-15-20-18(17-19)12-11-13-21(20)23-2/h11-13,19,22H,3-10,14-17H2,1-2H3. The molecule has 0 saturated carbocycles. The van der Waals surface area contributed by atoms with E-state index in [1.165, 1.54) is 75.5 Å². The van der Waals surface area contributed by atoms with Crippen LogP contribution in [0.3, 0.4) is 0 Å². The number of methoxy groups -OCH3 is 1. The number of hydrogen-bond acceptors (Lipinski definition) is 2. The van der Waals surface area contributed by atoms with Crippen LogP contribution in [0.15, 0.2) is 18.2 Å². The van der Waals surface area contributed by atoms with Crippen LogP contribution in [-0.2, 0) is 12.8 Å². The van der Waals surface area contributed by atoms with Gasteiger partial charge in [0.05, 0.1) is 7.11 Å². The van der Waals surface area contributed by atoms with Gasteiger partial charge in [-0.15, -0.1) is 0 Å². The van der Waals surface area contributed by atoms with Crippen LogP contribution in [0.5, 0.6) is 5.75 Å². The molecule has 1 atom stereocenters. The zero-order valence-corrected chi connectivity index (χ0v) is 15.2. The quantitative estimate of drug-likeness (QED) is 0.560. The lowest BCUT2D eigenvalue weighted by Gasteiger charge is -2.26. The average Bonchev–Trinajstić information content (AvgIpc) is 2.59. The first-order valence-electron chi connectivity index (χ1n) is 9.73. The number of rotatable bonds is 11. The highest BCUT2D eigenvalue weighted by Crippen LogP contribution is 2.29. The summed E-state index contributed by atoms with van der Waals surface area (Å²) in [4.78, 5) is 0. The van der Waals surface area contributed by atoms with Crippen molar-refractivity contribution in [3.63, 3.8) is 0 Å². The van der Waals surface area contributed by atoms with Crippen LogP contribution in [0.1, 0.15) is 75.8 Å². The Morgan fingerprint density at radius 1 is 1.04 bits per heavy atom. The van der Waals surface area contributed by atoms with Gasteiger partial charge in [0.1, 0.15) is 5.75 Å². The van der Waals surface area contributed by atoms with Crippen LogP contribution >= 0.6 is 0 Å². The average molecular weight is 318 g/mol. The highest BCUT2D eigenvalue weighted by molar-refractivity contribution is 5.42. The van der Waals surface area contributed by atoms with E-state index in [1.807, 2.05) is 0 Å². The van der Waals surface area contributed by atoms with E-state index in [0.29, 0.717) is 6.04 Å². The SMILES string of the molecule is CCCCCCCCCCNC1CCc2c(cccc2OC)C1. The summed E-state index contributed by atoms with van der Waals surface area (Å²) in [5.74, 6) is 1.07. The second kappa shape index (κ2) is 10.7. The Labute approximate surface area is 143 Å². The molecule has 1 aliphatic carbocycles. The first kappa shape index (κ1) is 18.3. The molecule has 0 bridgehead atoms. The van der Waals surface area contributed by atoms with Crippen LogP contribution in [0.2, 0.25) is 0 Å². The van der Waals surface area contributed by atoms with Gasteiger partial charge in [-0.2, -0.15) is 0 Å². The van der Waals surface area contributed by atoms with Gasteiger partial charge in [0.2, 0.25) is 0 Å². The topological polar surface area (TPSA) is 21.3 Å². The van der Waals surface area contributed by atoms with Crippen molar-refractivity contribution in [1.82, 2.24) is 5.32 Å². The Hall–Kier alpha value is -1.02. The van der Waals surface area contributed by atoms with Gasteiger partial charge in [-0.3, -0.25) is 0 Å². The first-order valence-corrected chi connectivity index (χ1v) is 9.73. The summed E-state index contributed by atoms with van der Waals surface area (Å²) in [6.07, 6.45) is 14.7. The predicted molar refractivity (Wildman–Crippen MR) is 99.4 cm³/mol. The van der Waals surface area contributed by atoms with E-state index in [9.17, 15) is 0 Å². The zero-order chi connectivity index (χ0) is 16.3. The summed E-state index contributed by atoms with van der Waals surface area (Å²) >= 11 is 0. The fourth-order valence-electron chi connectivity index (χ4n) is 3.70. The predicted octanol–water partition coefficient (Wildman–Crippen LogP) is 5.28. The van der Waals surface area contributed by atoms with Crippen molar-refractivity contribution in [3.05, 3.63) is 29.3 Å². The second-order valence-corrected chi connectivity index (χ2v) is 6.97. The molecule has 0 radical (unpaired) electrons. The largest absolute Gasteiger partial charge is 0.496 e. The second-order valence-electron chi connectivity index (χ2n) is 6.97. The lowest BCUT2D eigenvalue weighted by molar-refractivity contribution is 0.396. The third-order valence-corrected chi connectivity index (χ3v) is 5.12. The molecule has 1 aromatic rings. The van der Waals surface area contributed by atoms with Crippen molar-refractivity contribution >= 4 is 0 Å². The van der Waals surface area contributed by atoms with E-state index in [1.54, 1.807) is 7.11 Å². The summed E-state index contributed by atoms with van der Waals surface area (Å²) in [6, 6.07) is 7.13. The van der Waals surface area contributed by atoms with Crippen LogP contribution in [0.4, 0.5) is 0 Å². The molecule has 2 heteroatoms. The lowest BCUT2D eigenvalue weighted by atomic mass is 9.87. The zero-order valence-electron chi connectivity index (χ0n) is 15.2. The molecule has 0 amide bonds. The molecule has 0 fully saturated rings. The van der Waals surface area contributed by atoms with Gasteiger partial charge in [0.25, 0.3) is 0 Å². The summed E-state index contributed by atoms with van der Waals surface area (Å²) in [5.41, 5.74) is 2.91. The molecule has 0 aliphatic heterocycles. The number of fused-ring (bicyclic) bond motifs is 1. The highest BCUT2D eigenvalue weighted by Gasteiger charge is 2.20. The van der Waals surface area contributed by atoms with Crippen molar-refractivity contribution in [2.45, 2.75) is 83.6 Å². The van der Waals surface area contributed by atoms with Crippen molar-refractivity contribution in [1.29, 1.82) is 0 Å². The molecule has 130 valence electrons. The van der Waals surface area contributed by atoms with Crippen molar-refractivity contribution in [3.8, 4) is 5.75 Å². The maximum absolute atomic E-state index is 5.49. The number of benzene rings is 1. The Morgan fingerprint density at radius 2 is 1.78 bits per heavy atom. The van der Waals surface area contributed by atoms with Crippen LogP contribution in [0, 0.1) is 0 Å². The third kappa shape index (κ3) is 6.18. The molecule has 0 aromatic heterocycles. The Morgan fingerprint density at radius 3 is 2.52 bits per heavy atom. The Bertz CT molecular complexity index is 443. The minimum atomic E-state index is 0.652. The van der Waals surface area contributed by atoms with E-state index < -0.39 is 0 Å². The van der Waals surface area contributed by atoms with Gasteiger partial charge in [0.15, 0.2) is 0 Å².